The molecule has 28 heavy (non-hydrogen) atoms. The summed E-state index contributed by atoms with van der Waals surface area (Å²) in [5.74, 6) is 0.854. The maximum atomic E-state index is 9.78. The van der Waals surface area contributed by atoms with Gasteiger partial charge in [-0.1, -0.05) is 0 Å². The molecule has 0 bridgehead atoms. The van der Waals surface area contributed by atoms with E-state index >= 15 is 0 Å². The molecule has 10 heteroatoms. The van der Waals surface area contributed by atoms with Gasteiger partial charge in [-0.2, -0.15) is 15.5 Å². The highest BCUT2D eigenvalue weighted by Crippen LogP contribution is 2.37. The molecular weight excluding hydrogens is 488 g/mol. The Balaban J connectivity index is 1.96. The fourth-order valence-corrected chi connectivity index (χ4v) is 5.01. The van der Waals surface area contributed by atoms with Gasteiger partial charge in [-0.05, 0) is 54.9 Å². The Bertz CT molecular complexity index is 1050. The number of anilines is 1. The van der Waals surface area contributed by atoms with Crippen LogP contribution in [-0.4, -0.2) is 50.5 Å². The van der Waals surface area contributed by atoms with Gasteiger partial charge in [0.25, 0.3) is 0 Å². The zero-order chi connectivity index (χ0) is 19.9. The molecule has 4 rings (SSSR count). The maximum absolute atomic E-state index is 9.78. The zero-order valence-corrected chi connectivity index (χ0v) is 19.1. The highest BCUT2D eigenvalue weighted by atomic mass is 127. The summed E-state index contributed by atoms with van der Waals surface area (Å²) in [6, 6.07) is 6.60. The van der Waals surface area contributed by atoms with E-state index in [1.165, 1.54) is 0 Å². The van der Waals surface area contributed by atoms with Crippen LogP contribution in [0.5, 0.6) is 0 Å². The molecule has 1 fully saturated rings. The standard InChI is InChI=1S/C18H21IN7OP/c1-11-9-27-7-6-25(11)14-8-12(18(2,3)10-20)15-17(22-14)16(24-23-15)13-4-5-21-26(13)28-19/h4-5,8,11,28H,6-7,9H2,1-3H3,(H,23,24). The van der Waals surface area contributed by atoms with Crippen molar-refractivity contribution in [3.8, 4) is 17.5 Å². The summed E-state index contributed by atoms with van der Waals surface area (Å²) >= 11 is 2.30. The Morgan fingerprint density at radius 1 is 1.43 bits per heavy atom. The second kappa shape index (κ2) is 7.58. The van der Waals surface area contributed by atoms with Crippen LogP contribution in [0.15, 0.2) is 18.3 Å². The number of nitrogens with one attached hydrogen (secondary N) is 1. The van der Waals surface area contributed by atoms with Crippen molar-refractivity contribution in [2.24, 2.45) is 0 Å². The molecule has 4 heterocycles. The van der Waals surface area contributed by atoms with Crippen molar-refractivity contribution in [1.82, 2.24) is 24.7 Å². The van der Waals surface area contributed by atoms with Gasteiger partial charge in [0.15, 0.2) is 0 Å². The van der Waals surface area contributed by atoms with E-state index in [0.717, 1.165) is 40.3 Å². The molecule has 0 spiro atoms. The summed E-state index contributed by atoms with van der Waals surface area (Å²) in [5.41, 5.74) is 3.45. The number of ether oxygens (including phenoxy) is 1. The number of hydrogen-bond donors (Lipinski definition) is 1. The number of aromatic nitrogens is 5. The van der Waals surface area contributed by atoms with Gasteiger partial charge in [0, 0.05) is 18.3 Å². The number of aromatic amines is 1. The summed E-state index contributed by atoms with van der Waals surface area (Å²) in [4.78, 5) is 7.22. The minimum absolute atomic E-state index is 0.216. The van der Waals surface area contributed by atoms with Crippen molar-refractivity contribution in [1.29, 1.82) is 5.26 Å². The minimum atomic E-state index is -0.691. The van der Waals surface area contributed by atoms with Crippen LogP contribution in [0.25, 0.3) is 22.4 Å². The number of nitriles is 1. The smallest absolute Gasteiger partial charge is 0.130 e. The van der Waals surface area contributed by atoms with Crippen molar-refractivity contribution >= 4 is 45.3 Å². The second-order valence-electron chi connectivity index (χ2n) is 7.39. The van der Waals surface area contributed by atoms with E-state index in [1.807, 2.05) is 30.4 Å². The lowest BCUT2D eigenvalue weighted by atomic mass is 9.85. The summed E-state index contributed by atoms with van der Waals surface area (Å²) in [7, 11) is 0. The molecule has 8 nitrogen and oxygen atoms in total. The topological polar surface area (TPSA) is 95.6 Å². The number of pyridine rings is 1. The largest absolute Gasteiger partial charge is 0.377 e. The van der Waals surface area contributed by atoms with Gasteiger partial charge in [0.05, 0.1) is 42.8 Å². The molecule has 2 unspecified atom stereocenters. The Morgan fingerprint density at radius 2 is 2.25 bits per heavy atom. The van der Waals surface area contributed by atoms with E-state index in [0.29, 0.717) is 19.6 Å². The Kier molecular flexibility index (Phi) is 5.29. The second-order valence-corrected chi connectivity index (χ2v) is 9.43. The molecule has 1 N–H and O–H groups in total. The normalized spacial score (nSPS) is 18.2. The molecule has 0 amide bonds. The van der Waals surface area contributed by atoms with E-state index < -0.39 is 5.41 Å². The van der Waals surface area contributed by atoms with Crippen LogP contribution in [-0.2, 0) is 10.2 Å². The van der Waals surface area contributed by atoms with Gasteiger partial charge in [0.2, 0.25) is 0 Å². The quantitative estimate of drug-likeness (QED) is 0.427. The first-order chi connectivity index (χ1) is 13.5. The number of fused-ring (bicyclic) bond motifs is 1. The number of hydrogen-bond acceptors (Lipinski definition) is 6. The maximum Gasteiger partial charge on any atom is 0.130 e. The molecule has 0 aliphatic carbocycles. The highest BCUT2D eigenvalue weighted by Gasteiger charge is 2.30. The first-order valence-corrected chi connectivity index (χ1v) is 13.1. The highest BCUT2D eigenvalue weighted by molar-refractivity contribution is 14.2. The van der Waals surface area contributed by atoms with Crippen molar-refractivity contribution in [2.45, 2.75) is 32.2 Å². The van der Waals surface area contributed by atoms with Gasteiger partial charge in [-0.15, -0.1) is 0 Å². The summed E-state index contributed by atoms with van der Waals surface area (Å²) in [6.07, 6.45) is 2.25. The molecule has 3 aromatic heterocycles. The fourth-order valence-electron chi connectivity index (χ4n) is 3.47. The number of rotatable bonds is 4. The fraction of sp³-hybridized carbons (Fsp3) is 0.444. The average molecular weight is 509 g/mol. The lowest BCUT2D eigenvalue weighted by molar-refractivity contribution is 0.0985. The van der Waals surface area contributed by atoms with E-state index in [1.54, 1.807) is 6.20 Å². The van der Waals surface area contributed by atoms with Crippen LogP contribution < -0.4 is 4.90 Å². The molecule has 0 radical (unpaired) electrons. The van der Waals surface area contributed by atoms with Gasteiger partial charge in [-0.25, -0.2) is 9.44 Å². The van der Waals surface area contributed by atoms with Crippen molar-refractivity contribution in [3.05, 3.63) is 23.9 Å². The summed E-state index contributed by atoms with van der Waals surface area (Å²) in [6.45, 7) is 8.06. The molecule has 1 aliphatic heterocycles. The average Bonchev–Trinajstić information content (AvgIpc) is 3.33. The van der Waals surface area contributed by atoms with E-state index in [2.05, 4.69) is 55.2 Å². The van der Waals surface area contributed by atoms with Gasteiger partial charge in [-0.3, -0.25) is 5.10 Å². The number of nitrogens with zero attached hydrogens (tertiary/aromatic N) is 6. The van der Waals surface area contributed by atoms with Crippen LogP contribution in [0.3, 0.4) is 0 Å². The Morgan fingerprint density at radius 3 is 2.96 bits per heavy atom. The molecule has 0 saturated carbocycles. The number of H-pyrrole nitrogens is 1. The van der Waals surface area contributed by atoms with Crippen LogP contribution in [0.1, 0.15) is 26.3 Å². The van der Waals surface area contributed by atoms with Crippen LogP contribution in [0.2, 0.25) is 0 Å². The molecule has 146 valence electrons. The predicted molar refractivity (Wildman–Crippen MR) is 119 cm³/mol. The molecule has 1 saturated heterocycles. The predicted octanol–water partition coefficient (Wildman–Crippen LogP) is 3.64. The zero-order valence-electron chi connectivity index (χ0n) is 15.9. The molecule has 3 aromatic rings. The van der Waals surface area contributed by atoms with Crippen molar-refractivity contribution in [2.75, 3.05) is 24.7 Å². The third kappa shape index (κ3) is 3.27. The molecule has 2 atom stereocenters. The van der Waals surface area contributed by atoms with Crippen molar-refractivity contribution in [3.63, 3.8) is 0 Å². The SMILES string of the molecule is CC1COCCN1c1cc(C(C)(C)C#N)c2n[nH]c(-c3ccnn3PI)c2n1. The molecule has 1 aliphatic rings. The molecule has 0 aromatic carbocycles. The van der Waals surface area contributed by atoms with E-state index in [4.69, 9.17) is 9.72 Å². The lowest BCUT2D eigenvalue weighted by Gasteiger charge is -2.35. The number of morpholine rings is 1. The first kappa shape index (κ1) is 19.6. The minimum Gasteiger partial charge on any atom is -0.377 e. The molecular formula is C18H21IN7OP. The Labute approximate surface area is 178 Å². The van der Waals surface area contributed by atoms with Gasteiger partial charge in [0.1, 0.15) is 22.5 Å². The Hall–Kier alpha value is -1.76. The number of halogens is 1. The first-order valence-electron chi connectivity index (χ1n) is 9.02. The van der Waals surface area contributed by atoms with Gasteiger partial charge < -0.3 is 9.64 Å². The lowest BCUT2D eigenvalue weighted by Crippen LogP contribution is -2.44. The monoisotopic (exact) mass is 509 g/mol. The van der Waals surface area contributed by atoms with E-state index in [-0.39, 0.29) is 6.04 Å². The van der Waals surface area contributed by atoms with Crippen LogP contribution >= 0.6 is 28.4 Å². The third-order valence-corrected chi connectivity index (χ3v) is 6.98. The summed E-state index contributed by atoms with van der Waals surface area (Å²) < 4.78 is 7.51. The van der Waals surface area contributed by atoms with E-state index in [9.17, 15) is 5.26 Å². The van der Waals surface area contributed by atoms with Crippen LogP contribution in [0.4, 0.5) is 5.82 Å². The third-order valence-electron chi connectivity index (χ3n) is 5.09. The van der Waals surface area contributed by atoms with Gasteiger partial charge >= 0.3 is 0 Å². The van der Waals surface area contributed by atoms with Crippen LogP contribution in [0, 0.1) is 11.3 Å². The van der Waals surface area contributed by atoms with Crippen molar-refractivity contribution < 1.29 is 4.74 Å². The summed E-state index contributed by atoms with van der Waals surface area (Å²) in [5, 5.41) is 21.8.